The van der Waals surface area contributed by atoms with Gasteiger partial charge in [0, 0.05) is 12.1 Å². The zero-order chi connectivity index (χ0) is 25.6. The van der Waals surface area contributed by atoms with Gasteiger partial charge in [-0.15, -0.1) is 0 Å². The Morgan fingerprint density at radius 3 is 2.32 bits per heavy atom. The second kappa shape index (κ2) is 10.8. The monoisotopic (exact) mass is 505 g/mol. The molecule has 0 saturated carbocycles. The second-order valence-electron chi connectivity index (χ2n) is 6.24. The van der Waals surface area contributed by atoms with E-state index in [1.54, 1.807) is 0 Å². The number of nitrogens with zero attached hydrogens (tertiary/aromatic N) is 1. The lowest BCUT2D eigenvalue weighted by molar-refractivity contribution is -0.385. The summed E-state index contributed by atoms with van der Waals surface area (Å²) in [4.78, 5) is 46.7. The molecule has 10 nitrogen and oxygen atoms in total. The maximum Gasteiger partial charge on any atom is 0.416 e. The van der Waals surface area contributed by atoms with Crippen LogP contribution >= 0.6 is 11.6 Å². The number of carbonyl (C=O) groups excluding carboxylic acids is 3. The summed E-state index contributed by atoms with van der Waals surface area (Å²) in [6, 6.07) is 4.94. The van der Waals surface area contributed by atoms with Crippen molar-refractivity contribution in [3.05, 3.63) is 62.7 Å². The van der Waals surface area contributed by atoms with Crippen LogP contribution in [-0.4, -0.2) is 42.7 Å². The number of carbonyl (C=O) groups is 3. The molecule has 0 N–H and O–H groups in total. The van der Waals surface area contributed by atoms with Crippen molar-refractivity contribution in [2.24, 2.45) is 0 Å². The first-order chi connectivity index (χ1) is 15.9. The maximum absolute atomic E-state index is 12.8. The Hall–Kier alpha value is -3.87. The Kier molecular flexibility index (Phi) is 8.41. The standard InChI is InChI=1S/C20H15ClF3NO9/c1-3-32-19(28)16(18(27)31-2)34-17(26)12-9-11(5-6-14(12)25(29)30)33-15-7-4-10(8-13(15)21)20(22,23)24/h4-9,16H,3H2,1-2H3. The molecule has 0 aliphatic rings. The maximum atomic E-state index is 12.8. The average Bonchev–Trinajstić information content (AvgIpc) is 2.77. The van der Waals surface area contributed by atoms with E-state index in [2.05, 4.69) is 9.47 Å². The van der Waals surface area contributed by atoms with Crippen molar-refractivity contribution in [3.63, 3.8) is 0 Å². The summed E-state index contributed by atoms with van der Waals surface area (Å²) in [7, 11) is 0.910. The average molecular weight is 506 g/mol. The van der Waals surface area contributed by atoms with Gasteiger partial charge in [0.2, 0.25) is 0 Å². The lowest BCUT2D eigenvalue weighted by Crippen LogP contribution is -2.37. The molecule has 1 atom stereocenters. The van der Waals surface area contributed by atoms with E-state index in [9.17, 15) is 37.7 Å². The van der Waals surface area contributed by atoms with E-state index >= 15 is 0 Å². The first kappa shape index (κ1) is 26.4. The Bertz CT molecular complexity index is 1120. The molecule has 0 aromatic heterocycles. The van der Waals surface area contributed by atoms with E-state index in [1.165, 1.54) is 6.92 Å². The molecular formula is C20H15ClF3NO9. The summed E-state index contributed by atoms with van der Waals surface area (Å²) in [6.07, 6.45) is -6.81. The summed E-state index contributed by atoms with van der Waals surface area (Å²) >= 11 is 5.83. The summed E-state index contributed by atoms with van der Waals surface area (Å²) < 4.78 is 57.5. The summed E-state index contributed by atoms with van der Waals surface area (Å²) in [5.41, 5.74) is -2.54. The van der Waals surface area contributed by atoms with Crippen molar-refractivity contribution in [3.8, 4) is 11.5 Å². The largest absolute Gasteiger partial charge is 0.466 e. The zero-order valence-corrected chi connectivity index (χ0v) is 18.1. The molecule has 0 fully saturated rings. The molecule has 2 aromatic carbocycles. The summed E-state index contributed by atoms with van der Waals surface area (Å²) in [5.74, 6) is -4.53. The van der Waals surface area contributed by atoms with Crippen LogP contribution in [0.5, 0.6) is 11.5 Å². The van der Waals surface area contributed by atoms with Crippen LogP contribution in [0.4, 0.5) is 18.9 Å². The molecular weight excluding hydrogens is 491 g/mol. The Morgan fingerprint density at radius 1 is 1.12 bits per heavy atom. The van der Waals surface area contributed by atoms with Crippen LogP contribution < -0.4 is 4.74 Å². The second-order valence-corrected chi connectivity index (χ2v) is 6.65. The first-order valence-electron chi connectivity index (χ1n) is 9.17. The van der Waals surface area contributed by atoms with Crippen LogP contribution in [0.25, 0.3) is 0 Å². The quantitative estimate of drug-likeness (QED) is 0.169. The Balaban J connectivity index is 2.39. The highest BCUT2D eigenvalue weighted by molar-refractivity contribution is 6.32. The number of halogens is 4. The third-order valence-corrected chi connectivity index (χ3v) is 4.31. The number of nitro benzene ring substituents is 1. The molecule has 0 amide bonds. The lowest BCUT2D eigenvalue weighted by atomic mass is 10.1. The molecule has 14 heteroatoms. The highest BCUT2D eigenvalue weighted by Gasteiger charge is 2.36. The van der Waals surface area contributed by atoms with Gasteiger partial charge >= 0.3 is 24.1 Å². The van der Waals surface area contributed by atoms with E-state index in [1.807, 2.05) is 0 Å². The Morgan fingerprint density at radius 2 is 1.79 bits per heavy atom. The van der Waals surface area contributed by atoms with Gasteiger partial charge in [-0.05, 0) is 31.2 Å². The molecule has 0 aliphatic heterocycles. The molecule has 2 aromatic rings. The van der Waals surface area contributed by atoms with E-state index in [-0.39, 0.29) is 18.1 Å². The molecule has 0 spiro atoms. The van der Waals surface area contributed by atoms with Crippen LogP contribution in [0, 0.1) is 10.1 Å². The predicted octanol–water partition coefficient (Wildman–Crippen LogP) is 4.32. The minimum Gasteiger partial charge on any atom is -0.466 e. The fourth-order valence-electron chi connectivity index (χ4n) is 2.48. The normalized spacial score (nSPS) is 11.8. The number of alkyl halides is 3. The van der Waals surface area contributed by atoms with Gasteiger partial charge in [0.25, 0.3) is 11.8 Å². The van der Waals surface area contributed by atoms with Crippen molar-refractivity contribution < 1.29 is 51.4 Å². The van der Waals surface area contributed by atoms with Crippen LogP contribution in [0.1, 0.15) is 22.8 Å². The highest BCUT2D eigenvalue weighted by atomic mass is 35.5. The third-order valence-electron chi connectivity index (χ3n) is 4.01. The fourth-order valence-corrected chi connectivity index (χ4v) is 2.70. The van der Waals surface area contributed by atoms with Crippen LogP contribution in [0.15, 0.2) is 36.4 Å². The minimum atomic E-state index is -4.65. The molecule has 1 unspecified atom stereocenters. The van der Waals surface area contributed by atoms with Gasteiger partial charge in [-0.2, -0.15) is 13.2 Å². The van der Waals surface area contributed by atoms with Gasteiger partial charge in [0.05, 0.1) is 29.2 Å². The summed E-state index contributed by atoms with van der Waals surface area (Å²) in [5, 5.41) is 10.9. The number of hydrogen-bond donors (Lipinski definition) is 0. The number of esters is 3. The van der Waals surface area contributed by atoms with Gasteiger partial charge < -0.3 is 18.9 Å². The van der Waals surface area contributed by atoms with Gasteiger partial charge in [-0.3, -0.25) is 10.1 Å². The van der Waals surface area contributed by atoms with Crippen LogP contribution in [0.2, 0.25) is 5.02 Å². The van der Waals surface area contributed by atoms with Crippen molar-refractivity contribution >= 4 is 35.2 Å². The molecule has 0 heterocycles. The van der Waals surface area contributed by atoms with Gasteiger partial charge in [-0.25, -0.2) is 14.4 Å². The van der Waals surface area contributed by atoms with E-state index < -0.39 is 56.9 Å². The number of hydrogen-bond acceptors (Lipinski definition) is 9. The lowest BCUT2D eigenvalue weighted by Gasteiger charge is -2.15. The fraction of sp³-hybridized carbons (Fsp3) is 0.250. The van der Waals surface area contributed by atoms with Gasteiger partial charge in [-0.1, -0.05) is 11.6 Å². The Labute approximate surface area is 194 Å². The smallest absolute Gasteiger partial charge is 0.416 e. The van der Waals surface area contributed by atoms with Crippen molar-refractivity contribution in [1.29, 1.82) is 0 Å². The number of ether oxygens (including phenoxy) is 4. The topological polar surface area (TPSA) is 131 Å². The molecule has 0 radical (unpaired) electrons. The molecule has 34 heavy (non-hydrogen) atoms. The molecule has 2 rings (SSSR count). The minimum absolute atomic E-state index is 0.165. The number of methoxy groups -OCH3 is 1. The third kappa shape index (κ3) is 6.34. The summed E-state index contributed by atoms with van der Waals surface area (Å²) in [6.45, 7) is 1.26. The number of rotatable bonds is 8. The molecule has 0 bridgehead atoms. The SMILES string of the molecule is CCOC(=O)C(OC(=O)c1cc(Oc2ccc(C(F)(F)F)cc2Cl)ccc1[N+](=O)[O-])C(=O)OC. The number of nitro groups is 1. The van der Waals surface area contributed by atoms with Crippen molar-refractivity contribution in [1.82, 2.24) is 0 Å². The molecule has 182 valence electrons. The number of benzene rings is 2. The molecule has 0 aliphatic carbocycles. The van der Waals surface area contributed by atoms with E-state index in [0.29, 0.717) is 12.1 Å². The molecule has 0 saturated heterocycles. The van der Waals surface area contributed by atoms with Gasteiger partial charge in [0.15, 0.2) is 0 Å². The first-order valence-corrected chi connectivity index (χ1v) is 9.55. The van der Waals surface area contributed by atoms with Crippen molar-refractivity contribution in [2.75, 3.05) is 13.7 Å². The predicted molar refractivity (Wildman–Crippen MR) is 107 cm³/mol. The van der Waals surface area contributed by atoms with Gasteiger partial charge in [0.1, 0.15) is 17.1 Å². The zero-order valence-electron chi connectivity index (χ0n) is 17.4. The van der Waals surface area contributed by atoms with Crippen molar-refractivity contribution in [2.45, 2.75) is 19.2 Å². The van der Waals surface area contributed by atoms with E-state index in [4.69, 9.17) is 21.1 Å². The van der Waals surface area contributed by atoms with E-state index in [0.717, 1.165) is 31.4 Å². The highest BCUT2D eigenvalue weighted by Crippen LogP contribution is 2.37. The van der Waals surface area contributed by atoms with Crippen LogP contribution in [0.3, 0.4) is 0 Å². The van der Waals surface area contributed by atoms with Crippen LogP contribution in [-0.2, 0) is 30.0 Å².